The minimum Gasteiger partial charge on any atom is -0.206 e. The standard InChI is InChI=1S/C6H5BrClNO2S/c7-9-12(10,11)6-4-2-1-3-5(6)8/h1-4,9H. The number of hydrogen-bond acceptors (Lipinski definition) is 2. The van der Waals surface area contributed by atoms with Crippen LogP contribution < -0.4 is 3.75 Å². The summed E-state index contributed by atoms with van der Waals surface area (Å²) in [5.41, 5.74) is 0. The molecule has 1 aromatic carbocycles. The number of halogens is 2. The van der Waals surface area contributed by atoms with Gasteiger partial charge in [0.2, 0.25) is 0 Å². The van der Waals surface area contributed by atoms with E-state index in [4.69, 9.17) is 11.6 Å². The highest BCUT2D eigenvalue weighted by atomic mass is 79.9. The van der Waals surface area contributed by atoms with E-state index in [0.29, 0.717) is 0 Å². The van der Waals surface area contributed by atoms with E-state index in [1.54, 1.807) is 12.1 Å². The summed E-state index contributed by atoms with van der Waals surface area (Å²) in [6.07, 6.45) is 0. The minimum absolute atomic E-state index is 0.0588. The average Bonchev–Trinajstić information content (AvgIpc) is 2.05. The zero-order chi connectivity index (χ0) is 9.19. The minimum atomic E-state index is -3.49. The van der Waals surface area contributed by atoms with E-state index < -0.39 is 10.0 Å². The molecule has 1 aromatic rings. The lowest BCUT2D eigenvalue weighted by atomic mass is 10.4. The van der Waals surface area contributed by atoms with E-state index >= 15 is 0 Å². The van der Waals surface area contributed by atoms with Crippen molar-refractivity contribution < 1.29 is 8.42 Å². The van der Waals surface area contributed by atoms with Crippen LogP contribution in [0.4, 0.5) is 0 Å². The normalized spacial score (nSPS) is 11.5. The van der Waals surface area contributed by atoms with Gasteiger partial charge in [-0.05, 0) is 12.1 Å². The maximum Gasteiger partial charge on any atom is 0.251 e. The zero-order valence-electron chi connectivity index (χ0n) is 5.79. The van der Waals surface area contributed by atoms with Crippen molar-refractivity contribution in [3.8, 4) is 0 Å². The Hall–Kier alpha value is -0.100. The maximum atomic E-state index is 11.2. The molecule has 1 rings (SSSR count). The van der Waals surface area contributed by atoms with Crippen LogP contribution in [0.5, 0.6) is 0 Å². The average molecular weight is 271 g/mol. The summed E-state index contributed by atoms with van der Waals surface area (Å²) in [6.45, 7) is 0. The summed E-state index contributed by atoms with van der Waals surface area (Å²) in [7, 11) is -3.49. The maximum absolute atomic E-state index is 11.2. The van der Waals surface area contributed by atoms with Crippen LogP contribution in [0.3, 0.4) is 0 Å². The van der Waals surface area contributed by atoms with Gasteiger partial charge in [0.05, 0.1) is 5.02 Å². The van der Waals surface area contributed by atoms with Crippen molar-refractivity contribution >= 4 is 37.8 Å². The van der Waals surface area contributed by atoms with Gasteiger partial charge in [0, 0.05) is 16.1 Å². The summed E-state index contributed by atoms with van der Waals surface area (Å²) in [4.78, 5) is 0.0588. The third-order valence-electron chi connectivity index (χ3n) is 1.23. The molecule has 0 heterocycles. The number of sulfonamides is 1. The van der Waals surface area contributed by atoms with E-state index in [1.165, 1.54) is 12.1 Å². The van der Waals surface area contributed by atoms with E-state index in [0.717, 1.165) is 0 Å². The molecule has 0 aliphatic heterocycles. The van der Waals surface area contributed by atoms with Gasteiger partial charge >= 0.3 is 0 Å². The van der Waals surface area contributed by atoms with Crippen molar-refractivity contribution in [3.63, 3.8) is 0 Å². The molecule has 1 N–H and O–H groups in total. The number of nitrogens with one attached hydrogen (secondary N) is 1. The summed E-state index contributed by atoms with van der Waals surface area (Å²) in [5, 5.41) is 0.199. The van der Waals surface area contributed by atoms with Crippen LogP contribution in [0.15, 0.2) is 29.2 Å². The van der Waals surface area contributed by atoms with Crippen LogP contribution in [0.1, 0.15) is 0 Å². The molecule has 0 saturated heterocycles. The summed E-state index contributed by atoms with van der Waals surface area (Å²) < 4.78 is 24.4. The molecule has 0 aromatic heterocycles. The van der Waals surface area contributed by atoms with Crippen molar-refractivity contribution in [3.05, 3.63) is 29.3 Å². The van der Waals surface area contributed by atoms with Crippen molar-refractivity contribution in [1.82, 2.24) is 3.75 Å². The Kier molecular flexibility index (Phi) is 3.11. The van der Waals surface area contributed by atoms with Crippen LogP contribution >= 0.6 is 27.7 Å². The Balaban J connectivity index is 3.30. The largest absolute Gasteiger partial charge is 0.251 e. The molecule has 12 heavy (non-hydrogen) atoms. The van der Waals surface area contributed by atoms with Gasteiger partial charge in [0.1, 0.15) is 4.90 Å². The molecule has 0 unspecified atom stereocenters. The molecular formula is C6H5BrClNO2S. The first kappa shape index (κ1) is 9.98. The van der Waals surface area contributed by atoms with Crippen LogP contribution in [0.2, 0.25) is 5.02 Å². The molecule has 0 bridgehead atoms. The zero-order valence-corrected chi connectivity index (χ0v) is 8.95. The van der Waals surface area contributed by atoms with Gasteiger partial charge in [0.25, 0.3) is 10.0 Å². The fraction of sp³-hybridized carbons (Fsp3) is 0. The summed E-state index contributed by atoms with van der Waals surface area (Å²) in [6, 6.07) is 6.20. The molecule has 0 spiro atoms. The van der Waals surface area contributed by atoms with Gasteiger partial charge in [-0.2, -0.15) is 0 Å². The van der Waals surface area contributed by atoms with Crippen molar-refractivity contribution in [2.75, 3.05) is 0 Å². The molecule has 0 atom stereocenters. The molecule has 66 valence electrons. The van der Waals surface area contributed by atoms with Crippen LogP contribution in [-0.4, -0.2) is 8.42 Å². The predicted molar refractivity (Wildman–Crippen MR) is 50.7 cm³/mol. The van der Waals surface area contributed by atoms with Crippen molar-refractivity contribution in [2.24, 2.45) is 0 Å². The summed E-state index contributed by atoms with van der Waals surface area (Å²) in [5.74, 6) is 0. The van der Waals surface area contributed by atoms with Crippen LogP contribution in [-0.2, 0) is 10.0 Å². The molecule has 6 heteroatoms. The second-order valence-corrected chi connectivity index (χ2v) is 4.99. The molecule has 0 aliphatic carbocycles. The lowest BCUT2D eigenvalue weighted by Crippen LogP contribution is -2.13. The van der Waals surface area contributed by atoms with Gasteiger partial charge in [-0.1, -0.05) is 23.7 Å². The van der Waals surface area contributed by atoms with Gasteiger partial charge in [-0.25, -0.2) is 8.42 Å². The Labute approximate surface area is 84.1 Å². The number of hydrogen-bond donors (Lipinski definition) is 1. The lowest BCUT2D eigenvalue weighted by Gasteiger charge is -2.01. The monoisotopic (exact) mass is 269 g/mol. The molecular weight excluding hydrogens is 265 g/mol. The quantitative estimate of drug-likeness (QED) is 0.835. The van der Waals surface area contributed by atoms with Gasteiger partial charge in [-0.15, -0.1) is 3.75 Å². The second-order valence-electron chi connectivity index (χ2n) is 2.01. The molecule has 3 nitrogen and oxygen atoms in total. The van der Waals surface area contributed by atoms with Gasteiger partial charge in [0.15, 0.2) is 0 Å². The highest BCUT2D eigenvalue weighted by Gasteiger charge is 2.14. The Morgan fingerprint density at radius 3 is 2.42 bits per heavy atom. The van der Waals surface area contributed by atoms with Crippen LogP contribution in [0.25, 0.3) is 0 Å². The Morgan fingerprint density at radius 2 is 1.92 bits per heavy atom. The fourth-order valence-electron chi connectivity index (χ4n) is 0.704. The van der Waals surface area contributed by atoms with Crippen LogP contribution in [0, 0.1) is 0 Å². The third kappa shape index (κ3) is 1.98. The Morgan fingerprint density at radius 1 is 1.33 bits per heavy atom. The molecule has 0 fully saturated rings. The fourth-order valence-corrected chi connectivity index (χ4v) is 2.33. The Bertz CT molecular complexity index is 379. The SMILES string of the molecule is O=S(=O)(NBr)c1ccccc1Cl. The summed E-state index contributed by atoms with van der Waals surface area (Å²) >= 11 is 8.29. The molecule has 0 aliphatic rings. The topological polar surface area (TPSA) is 46.2 Å². The van der Waals surface area contributed by atoms with E-state index in [2.05, 4.69) is 16.1 Å². The molecule has 0 radical (unpaired) electrons. The highest BCUT2D eigenvalue weighted by molar-refractivity contribution is 9.09. The number of benzene rings is 1. The molecule has 0 amide bonds. The van der Waals surface area contributed by atoms with Gasteiger partial charge in [-0.3, -0.25) is 0 Å². The number of rotatable bonds is 2. The third-order valence-corrected chi connectivity index (χ3v) is 4.09. The van der Waals surface area contributed by atoms with E-state index in [-0.39, 0.29) is 9.92 Å². The smallest absolute Gasteiger partial charge is 0.206 e. The first-order valence-corrected chi connectivity index (χ1v) is 5.60. The van der Waals surface area contributed by atoms with Crippen molar-refractivity contribution in [2.45, 2.75) is 4.90 Å². The van der Waals surface area contributed by atoms with E-state index in [1.807, 2.05) is 3.75 Å². The highest BCUT2D eigenvalue weighted by Crippen LogP contribution is 2.20. The lowest BCUT2D eigenvalue weighted by molar-refractivity contribution is 0.595. The second kappa shape index (κ2) is 3.74. The molecule has 0 saturated carbocycles. The predicted octanol–water partition coefficient (Wildman–Crippen LogP) is 1.93. The first-order chi connectivity index (χ1) is 5.58. The first-order valence-electron chi connectivity index (χ1n) is 2.95. The van der Waals surface area contributed by atoms with Gasteiger partial charge < -0.3 is 0 Å². The van der Waals surface area contributed by atoms with E-state index in [9.17, 15) is 8.42 Å². The van der Waals surface area contributed by atoms with Crippen molar-refractivity contribution in [1.29, 1.82) is 0 Å².